The topological polar surface area (TPSA) is 41.0 Å². The van der Waals surface area contributed by atoms with Crippen LogP contribution in [0.5, 0.6) is 0 Å². The lowest BCUT2D eigenvalue weighted by Gasteiger charge is -2.14. The minimum atomic E-state index is 1.06. The van der Waals surface area contributed by atoms with E-state index >= 15 is 0 Å². The minimum Gasteiger partial charge on any atom is -0.357 e. The van der Waals surface area contributed by atoms with Gasteiger partial charge in [0, 0.05) is 30.8 Å². The van der Waals surface area contributed by atoms with Gasteiger partial charge in [0.1, 0.15) is 0 Å². The fourth-order valence-electron chi connectivity index (χ4n) is 3.03. The van der Waals surface area contributed by atoms with E-state index in [0.29, 0.717) is 0 Å². The van der Waals surface area contributed by atoms with Crippen molar-refractivity contribution < 1.29 is 0 Å². The Morgan fingerprint density at radius 1 is 1.08 bits per heavy atom. The van der Waals surface area contributed by atoms with Gasteiger partial charge in [0.25, 0.3) is 0 Å². The van der Waals surface area contributed by atoms with Crippen molar-refractivity contribution in [2.24, 2.45) is 4.99 Å². The van der Waals surface area contributed by atoms with Crippen LogP contribution in [0.15, 0.2) is 38.3 Å². The van der Waals surface area contributed by atoms with E-state index in [1.54, 1.807) is 0 Å². The summed E-state index contributed by atoms with van der Waals surface area (Å²) < 4.78 is 2.52. The highest BCUT2D eigenvalue weighted by Crippen LogP contribution is 2.40. The van der Waals surface area contributed by atoms with E-state index in [1.165, 1.54) is 35.1 Å². The van der Waals surface area contributed by atoms with E-state index in [4.69, 9.17) is 4.99 Å². The van der Waals surface area contributed by atoms with Crippen LogP contribution in [0.3, 0.4) is 0 Å². The van der Waals surface area contributed by atoms with Crippen molar-refractivity contribution in [3.05, 3.63) is 65.0 Å². The van der Waals surface area contributed by atoms with Crippen molar-refractivity contribution >= 4 is 56.5 Å². The van der Waals surface area contributed by atoms with Crippen molar-refractivity contribution in [2.45, 2.75) is 34.6 Å². The Hall–Kier alpha value is -0.960. The van der Waals surface area contributed by atoms with Gasteiger partial charge in [-0.05, 0) is 108 Å². The summed E-state index contributed by atoms with van der Waals surface area (Å²) in [4.78, 5) is 12.7. The number of aromatic amines is 1. The third-order valence-electron chi connectivity index (χ3n) is 4.40. The molecule has 0 saturated heterocycles. The highest BCUT2D eigenvalue weighted by atomic mass is 127. The summed E-state index contributed by atoms with van der Waals surface area (Å²) in [5.41, 5.74) is 10.5. The molecule has 0 amide bonds. The quantitative estimate of drug-likeness (QED) is 0.473. The molecule has 0 unspecified atom stereocenters. The summed E-state index contributed by atoms with van der Waals surface area (Å²) in [6, 6.07) is 2.09. The second-order valence-electron chi connectivity index (χ2n) is 6.11. The number of H-pyrrole nitrogens is 1. The number of rotatable bonds is 2. The molecule has 0 saturated carbocycles. The molecule has 3 rings (SSSR count). The number of aromatic nitrogens is 2. The normalized spacial score (nSPS) is 16.7. The molecule has 2 aromatic heterocycles. The molecule has 0 atom stereocenters. The number of nitrogens with one attached hydrogen (secondary N) is 1. The zero-order chi connectivity index (χ0) is 17.6. The molecule has 0 spiro atoms. The summed E-state index contributed by atoms with van der Waals surface area (Å²) >= 11 is 4.80. The van der Waals surface area contributed by atoms with E-state index in [0.717, 1.165) is 22.7 Å². The SMILES string of the molecule is CC1=N/C(=C(/c2ccncc2C)c2[nH]c(C)c(I)c2C)C(C)=C1I. The number of aliphatic imine (C=N–C) groups is 1. The van der Waals surface area contributed by atoms with Crippen LogP contribution in [-0.4, -0.2) is 15.7 Å². The standard InChI is InChI=1S/C19H19I2N3/c1-9-8-22-7-6-14(9)15(18-10(2)16(20)12(4)23-18)19-11(3)17(21)13(5)24-19/h6-8,23H,1-5H3/b19-15-. The van der Waals surface area contributed by atoms with Crippen LogP contribution in [0.2, 0.25) is 0 Å². The van der Waals surface area contributed by atoms with E-state index in [1.807, 2.05) is 12.4 Å². The molecular weight excluding hydrogens is 524 g/mol. The van der Waals surface area contributed by atoms with Gasteiger partial charge < -0.3 is 4.98 Å². The first-order valence-corrected chi connectivity index (χ1v) is 9.91. The first-order valence-electron chi connectivity index (χ1n) is 7.75. The van der Waals surface area contributed by atoms with Crippen LogP contribution < -0.4 is 0 Å². The van der Waals surface area contributed by atoms with Crippen LogP contribution in [0.4, 0.5) is 0 Å². The minimum absolute atomic E-state index is 1.06. The highest BCUT2D eigenvalue weighted by molar-refractivity contribution is 14.1. The van der Waals surface area contributed by atoms with Crippen LogP contribution >= 0.6 is 45.2 Å². The van der Waals surface area contributed by atoms with Crippen molar-refractivity contribution in [1.82, 2.24) is 9.97 Å². The van der Waals surface area contributed by atoms with E-state index < -0.39 is 0 Å². The van der Waals surface area contributed by atoms with Gasteiger partial charge in [-0.3, -0.25) is 9.98 Å². The lowest BCUT2D eigenvalue weighted by molar-refractivity contribution is 1.19. The van der Waals surface area contributed by atoms with E-state index in [2.05, 4.69) is 95.8 Å². The molecule has 3 heterocycles. The maximum atomic E-state index is 4.90. The molecule has 24 heavy (non-hydrogen) atoms. The first-order chi connectivity index (χ1) is 11.3. The van der Waals surface area contributed by atoms with Crippen LogP contribution in [-0.2, 0) is 0 Å². The Bertz CT molecular complexity index is 930. The Morgan fingerprint density at radius 3 is 2.29 bits per heavy atom. The monoisotopic (exact) mass is 543 g/mol. The number of hydrogen-bond acceptors (Lipinski definition) is 2. The third-order valence-corrected chi connectivity index (χ3v) is 7.61. The molecule has 1 N–H and O–H groups in total. The Labute approximate surface area is 170 Å². The number of hydrogen-bond donors (Lipinski definition) is 1. The van der Waals surface area contributed by atoms with Crippen molar-refractivity contribution in [2.75, 3.05) is 0 Å². The van der Waals surface area contributed by atoms with Gasteiger partial charge in [-0.25, -0.2) is 0 Å². The van der Waals surface area contributed by atoms with E-state index in [9.17, 15) is 0 Å². The number of allylic oxidation sites excluding steroid dienone is 2. The van der Waals surface area contributed by atoms with Crippen molar-refractivity contribution in [1.29, 1.82) is 0 Å². The van der Waals surface area contributed by atoms with Gasteiger partial charge in [-0.15, -0.1) is 0 Å². The molecular formula is C19H19I2N3. The average Bonchev–Trinajstić information content (AvgIpc) is 2.95. The molecule has 2 aromatic rings. The average molecular weight is 543 g/mol. The fraction of sp³-hybridized carbons (Fsp3) is 0.263. The third kappa shape index (κ3) is 2.89. The maximum Gasteiger partial charge on any atom is 0.0773 e. The van der Waals surface area contributed by atoms with Crippen LogP contribution in [0.1, 0.15) is 41.9 Å². The van der Waals surface area contributed by atoms with Crippen molar-refractivity contribution in [3.8, 4) is 0 Å². The zero-order valence-corrected chi connectivity index (χ0v) is 18.7. The Balaban J connectivity index is 2.41. The molecule has 0 aromatic carbocycles. The second kappa shape index (κ2) is 6.74. The number of pyridine rings is 1. The predicted molar refractivity (Wildman–Crippen MR) is 118 cm³/mol. The van der Waals surface area contributed by atoms with Gasteiger partial charge in [0.2, 0.25) is 0 Å². The molecule has 0 aliphatic carbocycles. The second-order valence-corrected chi connectivity index (χ2v) is 8.27. The molecule has 1 aliphatic rings. The highest BCUT2D eigenvalue weighted by Gasteiger charge is 2.25. The molecule has 0 radical (unpaired) electrons. The molecule has 124 valence electrons. The first kappa shape index (κ1) is 17.8. The molecule has 5 heteroatoms. The Morgan fingerprint density at radius 2 is 1.79 bits per heavy atom. The summed E-state index contributed by atoms with van der Waals surface area (Å²) in [6.45, 7) is 10.6. The summed E-state index contributed by atoms with van der Waals surface area (Å²) in [5, 5.41) is 0. The maximum absolute atomic E-state index is 4.90. The smallest absolute Gasteiger partial charge is 0.0773 e. The van der Waals surface area contributed by atoms with Crippen LogP contribution in [0, 0.1) is 24.3 Å². The number of halogens is 2. The van der Waals surface area contributed by atoms with Gasteiger partial charge in [-0.1, -0.05) is 0 Å². The summed E-state index contributed by atoms with van der Waals surface area (Å²) in [5.74, 6) is 0. The van der Waals surface area contributed by atoms with Gasteiger partial charge in [0.05, 0.1) is 17.1 Å². The summed E-state index contributed by atoms with van der Waals surface area (Å²) in [7, 11) is 0. The fourth-order valence-corrected chi connectivity index (χ4v) is 3.81. The van der Waals surface area contributed by atoms with Gasteiger partial charge in [-0.2, -0.15) is 0 Å². The Kier molecular flexibility index (Phi) is 5.01. The molecule has 1 aliphatic heterocycles. The molecule has 0 fully saturated rings. The number of nitrogens with zero attached hydrogens (tertiary/aromatic N) is 2. The van der Waals surface area contributed by atoms with Gasteiger partial charge in [0.15, 0.2) is 0 Å². The largest absolute Gasteiger partial charge is 0.357 e. The zero-order valence-electron chi connectivity index (χ0n) is 14.4. The predicted octanol–water partition coefficient (Wildman–Crippen LogP) is 5.88. The lowest BCUT2D eigenvalue weighted by atomic mass is 9.94. The molecule has 0 bridgehead atoms. The summed E-state index contributed by atoms with van der Waals surface area (Å²) in [6.07, 6.45) is 3.77. The van der Waals surface area contributed by atoms with Crippen molar-refractivity contribution in [3.63, 3.8) is 0 Å². The number of aryl methyl sites for hydroxylation is 2. The lowest BCUT2D eigenvalue weighted by Crippen LogP contribution is -1.99. The van der Waals surface area contributed by atoms with Gasteiger partial charge >= 0.3 is 0 Å². The molecule has 3 nitrogen and oxygen atoms in total. The van der Waals surface area contributed by atoms with E-state index in [-0.39, 0.29) is 0 Å². The van der Waals surface area contributed by atoms with Crippen LogP contribution in [0.25, 0.3) is 5.57 Å².